The predicted octanol–water partition coefficient (Wildman–Crippen LogP) is 2.26. The number of benzene rings is 1. The first-order valence-electron chi connectivity index (χ1n) is 6.36. The lowest BCUT2D eigenvalue weighted by molar-refractivity contribution is 0.0694. The van der Waals surface area contributed by atoms with Gasteiger partial charge >= 0.3 is 5.97 Å². The highest BCUT2D eigenvalue weighted by molar-refractivity contribution is 14.1. The quantitative estimate of drug-likeness (QED) is 0.731. The van der Waals surface area contributed by atoms with Gasteiger partial charge in [-0.2, -0.15) is 0 Å². The van der Waals surface area contributed by atoms with Crippen molar-refractivity contribution in [3.05, 3.63) is 43.8 Å². The molecule has 2 aromatic rings. The van der Waals surface area contributed by atoms with E-state index in [1.165, 1.54) is 6.20 Å². The summed E-state index contributed by atoms with van der Waals surface area (Å²) in [6, 6.07) is 5.77. The molecule has 0 aliphatic carbocycles. The zero-order valence-electron chi connectivity index (χ0n) is 11.0. The van der Waals surface area contributed by atoms with Crippen molar-refractivity contribution in [1.82, 2.24) is 9.88 Å². The summed E-state index contributed by atoms with van der Waals surface area (Å²) < 4.78 is 2.85. The molecule has 0 spiro atoms. The van der Waals surface area contributed by atoms with Crippen molar-refractivity contribution in [2.75, 3.05) is 13.1 Å². The van der Waals surface area contributed by atoms with E-state index >= 15 is 0 Å². The van der Waals surface area contributed by atoms with Gasteiger partial charge in [-0.1, -0.05) is 0 Å². The predicted molar refractivity (Wildman–Crippen MR) is 91.7 cm³/mol. The molecule has 21 heavy (non-hydrogen) atoms. The van der Waals surface area contributed by atoms with Crippen LogP contribution >= 0.6 is 35.0 Å². The number of aromatic carboxylic acids is 1. The van der Waals surface area contributed by atoms with E-state index in [0.29, 0.717) is 5.39 Å². The highest BCUT2D eigenvalue weighted by Crippen LogP contribution is 2.23. The number of nitrogens with zero attached hydrogens (tertiary/aromatic N) is 1. The fourth-order valence-electron chi connectivity index (χ4n) is 2.66. The standard InChI is InChI=1S/C14H13IN2O3.ClH/c15-8-1-2-12-10(5-8)13(18)11(14(19)20)7-17(12)9-3-4-16-6-9;/h1-2,5,7,9,16H,3-4,6H2,(H,19,20);1H. The number of rotatable bonds is 2. The molecule has 1 atom stereocenters. The van der Waals surface area contributed by atoms with Gasteiger partial charge in [-0.3, -0.25) is 4.79 Å². The molecular weight excluding hydrogens is 407 g/mol. The molecule has 1 aromatic carbocycles. The molecular formula is C14H14ClIN2O3. The van der Waals surface area contributed by atoms with Crippen LogP contribution in [0.5, 0.6) is 0 Å². The fourth-order valence-corrected chi connectivity index (χ4v) is 3.15. The Morgan fingerprint density at radius 1 is 1.43 bits per heavy atom. The van der Waals surface area contributed by atoms with Gasteiger partial charge in [0, 0.05) is 27.7 Å². The lowest BCUT2D eigenvalue weighted by Crippen LogP contribution is -2.22. The van der Waals surface area contributed by atoms with Crippen LogP contribution in [0.2, 0.25) is 0 Å². The second kappa shape index (κ2) is 6.33. The maximum absolute atomic E-state index is 12.3. The van der Waals surface area contributed by atoms with Crippen LogP contribution in [0, 0.1) is 3.57 Å². The van der Waals surface area contributed by atoms with Crippen molar-refractivity contribution in [2.45, 2.75) is 12.5 Å². The smallest absolute Gasteiger partial charge is 0.341 e. The number of nitrogens with one attached hydrogen (secondary N) is 1. The van der Waals surface area contributed by atoms with Crippen LogP contribution < -0.4 is 10.7 Å². The normalized spacial score (nSPS) is 17.7. The zero-order valence-corrected chi connectivity index (χ0v) is 14.0. The average molecular weight is 421 g/mol. The summed E-state index contributed by atoms with van der Waals surface area (Å²) in [6.45, 7) is 1.70. The molecule has 0 bridgehead atoms. The molecule has 0 saturated carbocycles. The lowest BCUT2D eigenvalue weighted by atomic mass is 10.1. The fraction of sp³-hybridized carbons (Fsp3) is 0.286. The molecule has 1 fully saturated rings. The number of carboxylic acid groups (broad SMARTS) is 1. The van der Waals surface area contributed by atoms with E-state index in [0.717, 1.165) is 28.6 Å². The van der Waals surface area contributed by atoms with Crippen LogP contribution in [0.4, 0.5) is 0 Å². The Morgan fingerprint density at radius 3 is 2.81 bits per heavy atom. The van der Waals surface area contributed by atoms with E-state index in [1.54, 1.807) is 6.07 Å². The number of fused-ring (bicyclic) bond motifs is 1. The minimum atomic E-state index is -1.17. The van der Waals surface area contributed by atoms with Crippen LogP contribution in [-0.4, -0.2) is 28.7 Å². The number of hydrogen-bond acceptors (Lipinski definition) is 3. The molecule has 2 N–H and O–H groups in total. The number of halogens is 2. The highest BCUT2D eigenvalue weighted by atomic mass is 127. The van der Waals surface area contributed by atoms with Gasteiger partial charge in [0.25, 0.3) is 0 Å². The topological polar surface area (TPSA) is 71.3 Å². The van der Waals surface area contributed by atoms with E-state index in [1.807, 2.05) is 16.7 Å². The summed E-state index contributed by atoms with van der Waals surface area (Å²) in [7, 11) is 0. The maximum atomic E-state index is 12.3. The molecule has 7 heteroatoms. The third kappa shape index (κ3) is 2.93. The van der Waals surface area contributed by atoms with Crippen LogP contribution in [0.15, 0.2) is 29.2 Å². The van der Waals surface area contributed by atoms with Crippen molar-refractivity contribution in [2.24, 2.45) is 0 Å². The van der Waals surface area contributed by atoms with Gasteiger partial charge in [-0.15, -0.1) is 12.4 Å². The van der Waals surface area contributed by atoms with Crippen molar-refractivity contribution in [3.8, 4) is 0 Å². The first-order valence-corrected chi connectivity index (χ1v) is 7.44. The second-order valence-corrected chi connectivity index (χ2v) is 6.14. The number of pyridine rings is 1. The van der Waals surface area contributed by atoms with Crippen molar-refractivity contribution in [3.63, 3.8) is 0 Å². The maximum Gasteiger partial charge on any atom is 0.341 e. The Labute approximate surface area is 140 Å². The minimum Gasteiger partial charge on any atom is -0.477 e. The molecule has 0 amide bonds. The van der Waals surface area contributed by atoms with Crippen LogP contribution in [0.25, 0.3) is 10.9 Å². The largest absolute Gasteiger partial charge is 0.477 e. The third-order valence-electron chi connectivity index (χ3n) is 3.65. The highest BCUT2D eigenvalue weighted by Gasteiger charge is 2.21. The van der Waals surface area contributed by atoms with E-state index in [2.05, 4.69) is 27.9 Å². The Kier molecular flexibility index (Phi) is 4.90. The summed E-state index contributed by atoms with van der Waals surface area (Å²) >= 11 is 2.13. The van der Waals surface area contributed by atoms with E-state index in [-0.39, 0.29) is 24.0 Å². The van der Waals surface area contributed by atoms with Gasteiger partial charge in [-0.05, 0) is 53.8 Å². The van der Waals surface area contributed by atoms with Crippen molar-refractivity contribution < 1.29 is 9.90 Å². The van der Waals surface area contributed by atoms with Crippen molar-refractivity contribution in [1.29, 1.82) is 0 Å². The number of carboxylic acids is 1. The van der Waals surface area contributed by atoms with Gasteiger partial charge in [0.1, 0.15) is 5.56 Å². The van der Waals surface area contributed by atoms with Crippen LogP contribution in [0.3, 0.4) is 0 Å². The molecule has 1 aliphatic heterocycles. The Bertz CT molecular complexity index is 754. The van der Waals surface area contributed by atoms with Gasteiger partial charge in [-0.25, -0.2) is 4.79 Å². The summed E-state index contributed by atoms with van der Waals surface area (Å²) in [5.41, 5.74) is 0.230. The van der Waals surface area contributed by atoms with Gasteiger partial charge < -0.3 is 15.0 Å². The number of aromatic nitrogens is 1. The summed E-state index contributed by atoms with van der Waals surface area (Å²) in [6.07, 6.45) is 2.42. The molecule has 0 radical (unpaired) electrons. The Balaban J connectivity index is 0.00000161. The average Bonchev–Trinajstić information content (AvgIpc) is 2.93. The lowest BCUT2D eigenvalue weighted by Gasteiger charge is -2.18. The molecule has 1 saturated heterocycles. The molecule has 5 nitrogen and oxygen atoms in total. The SMILES string of the molecule is Cl.O=C(O)c1cn(C2CCNC2)c2ccc(I)cc2c1=O. The Morgan fingerprint density at radius 2 is 2.19 bits per heavy atom. The molecule has 3 rings (SSSR count). The summed E-state index contributed by atoms with van der Waals surface area (Å²) in [5, 5.41) is 13.0. The molecule has 112 valence electrons. The second-order valence-electron chi connectivity index (χ2n) is 4.89. The first-order chi connectivity index (χ1) is 9.58. The monoisotopic (exact) mass is 420 g/mol. The van der Waals surface area contributed by atoms with E-state index < -0.39 is 11.4 Å². The summed E-state index contributed by atoms with van der Waals surface area (Å²) in [4.78, 5) is 23.6. The van der Waals surface area contributed by atoms with E-state index in [4.69, 9.17) is 0 Å². The van der Waals surface area contributed by atoms with Gasteiger partial charge in [0.2, 0.25) is 5.43 Å². The van der Waals surface area contributed by atoms with Crippen molar-refractivity contribution >= 4 is 51.9 Å². The molecule has 2 heterocycles. The third-order valence-corrected chi connectivity index (χ3v) is 4.32. The first kappa shape index (κ1) is 16.3. The molecule has 1 aromatic heterocycles. The minimum absolute atomic E-state index is 0. The number of carbonyl (C=O) groups is 1. The van der Waals surface area contributed by atoms with E-state index in [9.17, 15) is 14.7 Å². The molecule has 1 aliphatic rings. The molecule has 1 unspecified atom stereocenters. The van der Waals surface area contributed by atoms with Crippen LogP contribution in [0.1, 0.15) is 22.8 Å². The number of hydrogen-bond donors (Lipinski definition) is 2. The van der Waals surface area contributed by atoms with Gasteiger partial charge in [0.15, 0.2) is 0 Å². The zero-order chi connectivity index (χ0) is 14.3. The Hall–Kier alpha value is -1.12. The summed E-state index contributed by atoms with van der Waals surface area (Å²) in [5.74, 6) is -1.17. The van der Waals surface area contributed by atoms with Gasteiger partial charge in [0.05, 0.1) is 5.52 Å². The van der Waals surface area contributed by atoms with Crippen LogP contribution in [-0.2, 0) is 0 Å².